The Labute approximate surface area is 166 Å². The van der Waals surface area contributed by atoms with Gasteiger partial charge in [-0.3, -0.25) is 9.79 Å². The first-order valence-electron chi connectivity index (χ1n) is 8.43. The maximum atomic E-state index is 12.2. The van der Waals surface area contributed by atoms with Crippen LogP contribution >= 0.6 is 23.1 Å². The summed E-state index contributed by atoms with van der Waals surface area (Å²) in [4.78, 5) is 21.4. The van der Waals surface area contributed by atoms with Gasteiger partial charge in [0.1, 0.15) is 10.8 Å². The summed E-state index contributed by atoms with van der Waals surface area (Å²) in [6.45, 7) is 0.741. The highest BCUT2D eigenvalue weighted by atomic mass is 32.2. The number of carbonyl (C=O) groups excluding carboxylic acids is 1. The third kappa shape index (κ3) is 4.93. The number of aromatic nitrogens is 1. The first-order chi connectivity index (χ1) is 13.4. The van der Waals surface area contributed by atoms with Gasteiger partial charge in [-0.25, -0.2) is 4.98 Å². The maximum Gasteiger partial charge on any atom is 0.573 e. The van der Waals surface area contributed by atoms with Crippen molar-refractivity contribution in [1.29, 1.82) is 0 Å². The minimum atomic E-state index is -4.72. The minimum Gasteiger partial charge on any atom is -0.406 e. The summed E-state index contributed by atoms with van der Waals surface area (Å²) in [6, 6.07) is 5.50. The Morgan fingerprint density at radius 2 is 2.04 bits per heavy atom. The fourth-order valence-corrected chi connectivity index (χ4v) is 4.03. The van der Waals surface area contributed by atoms with Crippen molar-refractivity contribution < 1.29 is 22.7 Å². The highest BCUT2D eigenvalue weighted by molar-refractivity contribution is 8.18. The van der Waals surface area contributed by atoms with Crippen molar-refractivity contribution in [1.82, 2.24) is 10.3 Å². The molecule has 1 aromatic heterocycles. The van der Waals surface area contributed by atoms with Crippen LogP contribution in [0.4, 0.5) is 13.2 Å². The molecule has 0 unspecified atom stereocenters. The summed E-state index contributed by atoms with van der Waals surface area (Å²) in [7, 11) is 0. The molecule has 1 saturated carbocycles. The van der Waals surface area contributed by atoms with Crippen molar-refractivity contribution in [3.8, 4) is 16.3 Å². The van der Waals surface area contributed by atoms with Crippen molar-refractivity contribution in [2.75, 3.05) is 6.54 Å². The number of nitrogens with one attached hydrogen (secondary N) is 1. The van der Waals surface area contributed by atoms with E-state index in [2.05, 4.69) is 20.0 Å². The maximum absolute atomic E-state index is 12.2. The minimum absolute atomic E-state index is 0.206. The summed E-state index contributed by atoms with van der Waals surface area (Å²) >= 11 is 2.63. The number of halogens is 3. The number of benzene rings is 1. The lowest BCUT2D eigenvalue weighted by Gasteiger charge is -2.08. The van der Waals surface area contributed by atoms with Gasteiger partial charge in [-0.15, -0.1) is 24.5 Å². The van der Waals surface area contributed by atoms with Crippen LogP contribution in [0, 0.1) is 5.92 Å². The van der Waals surface area contributed by atoms with Gasteiger partial charge in [0.15, 0.2) is 5.17 Å². The molecule has 2 heterocycles. The number of alkyl halides is 3. The van der Waals surface area contributed by atoms with Gasteiger partial charge in [-0.1, -0.05) is 0 Å². The van der Waals surface area contributed by atoms with Crippen molar-refractivity contribution in [3.63, 3.8) is 0 Å². The van der Waals surface area contributed by atoms with Gasteiger partial charge in [0, 0.05) is 17.5 Å². The molecule has 5 nitrogen and oxygen atoms in total. The quantitative estimate of drug-likeness (QED) is 0.707. The van der Waals surface area contributed by atoms with E-state index < -0.39 is 6.36 Å². The Morgan fingerprint density at radius 3 is 2.71 bits per heavy atom. The van der Waals surface area contributed by atoms with Gasteiger partial charge in [0.25, 0.3) is 5.91 Å². The number of thioether (sulfide) groups is 1. The van der Waals surface area contributed by atoms with E-state index in [1.54, 1.807) is 11.5 Å². The van der Waals surface area contributed by atoms with Gasteiger partial charge in [0.2, 0.25) is 0 Å². The van der Waals surface area contributed by atoms with Crippen LogP contribution in [0.5, 0.6) is 5.75 Å². The Morgan fingerprint density at radius 1 is 1.29 bits per heavy atom. The molecule has 10 heteroatoms. The average molecular weight is 425 g/mol. The number of hydrogen-bond acceptors (Lipinski definition) is 6. The van der Waals surface area contributed by atoms with E-state index in [9.17, 15) is 18.0 Å². The van der Waals surface area contributed by atoms with Crippen LogP contribution in [0.25, 0.3) is 16.6 Å². The molecule has 0 spiro atoms. The molecular formula is C18H14F3N3O2S2. The van der Waals surface area contributed by atoms with Gasteiger partial charge in [0.05, 0.1) is 10.6 Å². The topological polar surface area (TPSA) is 63.6 Å². The van der Waals surface area contributed by atoms with E-state index in [1.807, 2.05) is 0 Å². The smallest absolute Gasteiger partial charge is 0.406 e. The fourth-order valence-electron chi connectivity index (χ4n) is 2.43. The summed E-state index contributed by atoms with van der Waals surface area (Å²) in [5, 5.41) is 5.78. The van der Waals surface area contributed by atoms with Crippen molar-refractivity contribution in [2.24, 2.45) is 10.9 Å². The zero-order chi connectivity index (χ0) is 19.7. The number of carbonyl (C=O) groups is 1. The monoisotopic (exact) mass is 425 g/mol. The highest BCUT2D eigenvalue weighted by Gasteiger charge is 2.31. The van der Waals surface area contributed by atoms with Crippen LogP contribution in [0.3, 0.4) is 0 Å². The number of rotatable bonds is 5. The van der Waals surface area contributed by atoms with Gasteiger partial charge >= 0.3 is 6.36 Å². The lowest BCUT2D eigenvalue weighted by atomic mass is 10.2. The molecule has 1 amide bonds. The van der Waals surface area contributed by atoms with Crippen LogP contribution in [0.1, 0.15) is 18.5 Å². The normalized spacial score (nSPS) is 20.0. The van der Waals surface area contributed by atoms with E-state index in [-0.39, 0.29) is 11.7 Å². The number of hydrogen-bond donors (Lipinski definition) is 1. The number of aliphatic imine (C=N–C) groups is 1. The van der Waals surface area contributed by atoms with E-state index in [1.165, 1.54) is 60.2 Å². The summed E-state index contributed by atoms with van der Waals surface area (Å²) < 4.78 is 40.6. The lowest BCUT2D eigenvalue weighted by Crippen LogP contribution is -2.20. The molecule has 0 atom stereocenters. The number of nitrogens with zero attached hydrogens (tertiary/aromatic N) is 2. The number of ether oxygens (including phenoxy) is 1. The molecular weight excluding hydrogens is 411 g/mol. The zero-order valence-electron chi connectivity index (χ0n) is 14.3. The Kier molecular flexibility index (Phi) is 5.15. The van der Waals surface area contributed by atoms with E-state index >= 15 is 0 Å². The lowest BCUT2D eigenvalue weighted by molar-refractivity contribution is -0.274. The van der Waals surface area contributed by atoms with Gasteiger partial charge in [-0.2, -0.15) is 0 Å². The first-order valence-corrected chi connectivity index (χ1v) is 10.1. The fraction of sp³-hybridized carbons (Fsp3) is 0.278. The molecule has 1 aromatic carbocycles. The van der Waals surface area contributed by atoms with Crippen LogP contribution in [0.2, 0.25) is 0 Å². The molecule has 28 heavy (non-hydrogen) atoms. The SMILES string of the molecule is O=C1NC(=NCC2CC2)S/C1=C\c1csc(-c2ccc(OC(F)(F)F)cc2)n1. The molecule has 1 aliphatic carbocycles. The van der Waals surface area contributed by atoms with Gasteiger partial charge < -0.3 is 10.1 Å². The van der Waals surface area contributed by atoms with Crippen molar-refractivity contribution >= 4 is 40.2 Å². The second kappa shape index (κ2) is 7.59. The number of amidine groups is 1. The van der Waals surface area contributed by atoms with Crippen molar-refractivity contribution in [3.05, 3.63) is 40.2 Å². The molecule has 2 aromatic rings. The molecule has 0 bridgehead atoms. The van der Waals surface area contributed by atoms with Crippen LogP contribution in [-0.2, 0) is 4.79 Å². The third-order valence-corrected chi connectivity index (χ3v) is 5.83. The summed E-state index contributed by atoms with van der Waals surface area (Å²) in [6.07, 6.45) is -0.644. The van der Waals surface area contributed by atoms with E-state index in [0.29, 0.717) is 32.3 Å². The number of amides is 1. The standard InChI is InChI=1S/C18H14F3N3O2S2/c19-18(20,21)26-13-5-3-11(4-6-13)16-23-12(9-27-16)7-14-15(25)24-17(28-14)22-8-10-1-2-10/h3-7,9-10H,1-2,8H2,(H,22,24,25)/b14-7-. The molecule has 4 rings (SSSR count). The zero-order valence-corrected chi connectivity index (χ0v) is 16.0. The molecule has 2 aliphatic rings. The van der Waals surface area contributed by atoms with Crippen LogP contribution in [-0.4, -0.2) is 29.0 Å². The molecule has 1 aliphatic heterocycles. The summed E-state index contributed by atoms with van der Waals surface area (Å²) in [5.74, 6) is 0.155. The molecule has 0 radical (unpaired) electrons. The first kappa shape index (κ1) is 19.0. The summed E-state index contributed by atoms with van der Waals surface area (Å²) in [5.41, 5.74) is 1.27. The second-order valence-electron chi connectivity index (χ2n) is 6.30. The largest absolute Gasteiger partial charge is 0.573 e. The Hall–Kier alpha value is -2.33. The highest BCUT2D eigenvalue weighted by Crippen LogP contribution is 2.32. The number of thiazole rings is 1. The average Bonchev–Trinajstić information content (AvgIpc) is 3.24. The van der Waals surface area contributed by atoms with Crippen molar-refractivity contribution in [2.45, 2.75) is 19.2 Å². The predicted molar refractivity (Wildman–Crippen MR) is 103 cm³/mol. The molecule has 2 fully saturated rings. The Balaban J connectivity index is 1.44. The second-order valence-corrected chi connectivity index (χ2v) is 8.19. The van der Waals surface area contributed by atoms with Crippen LogP contribution < -0.4 is 10.1 Å². The van der Waals surface area contributed by atoms with E-state index in [0.717, 1.165) is 6.54 Å². The Bertz CT molecular complexity index is 948. The van der Waals surface area contributed by atoms with Crippen LogP contribution in [0.15, 0.2) is 39.5 Å². The predicted octanol–water partition coefficient (Wildman–Crippen LogP) is 4.68. The molecule has 1 saturated heterocycles. The van der Waals surface area contributed by atoms with E-state index in [4.69, 9.17) is 0 Å². The third-order valence-electron chi connectivity index (χ3n) is 3.98. The van der Waals surface area contributed by atoms with Gasteiger partial charge in [-0.05, 0) is 60.9 Å². The molecule has 146 valence electrons. The molecule has 1 N–H and O–H groups in total.